The number of nitrogens with one attached hydrogen (secondary N) is 1. The lowest BCUT2D eigenvalue weighted by Gasteiger charge is -2.51. The van der Waals surface area contributed by atoms with Crippen molar-refractivity contribution in [2.45, 2.75) is 52.7 Å². The Balaban J connectivity index is 1.80. The van der Waals surface area contributed by atoms with Crippen LogP contribution in [0.25, 0.3) is 0 Å². The number of carboxylic acid groups (broad SMARTS) is 1. The van der Waals surface area contributed by atoms with Gasteiger partial charge in [0, 0.05) is 29.1 Å². The molecule has 0 bridgehead atoms. The van der Waals surface area contributed by atoms with Crippen molar-refractivity contribution < 1.29 is 24.6 Å². The summed E-state index contributed by atoms with van der Waals surface area (Å²) in [5.41, 5.74) is -0.200. The largest absolute Gasteiger partial charge is 0.478 e. The molecule has 0 radical (unpaired) electrons. The van der Waals surface area contributed by atoms with Crippen molar-refractivity contribution in [3.05, 3.63) is 69.7 Å². The van der Waals surface area contributed by atoms with Gasteiger partial charge in [-0.3, -0.25) is 9.59 Å². The second-order valence-electron chi connectivity index (χ2n) is 10.3. The van der Waals surface area contributed by atoms with Crippen LogP contribution in [-0.4, -0.2) is 52.0 Å². The van der Waals surface area contributed by atoms with Crippen molar-refractivity contribution >= 4 is 29.4 Å². The van der Waals surface area contributed by atoms with Crippen LogP contribution in [0.4, 0.5) is 0 Å². The van der Waals surface area contributed by atoms with Gasteiger partial charge in [-0.2, -0.15) is 0 Å². The van der Waals surface area contributed by atoms with Gasteiger partial charge in [-0.05, 0) is 60.7 Å². The van der Waals surface area contributed by atoms with Crippen LogP contribution in [0, 0.1) is 18.3 Å². The van der Waals surface area contributed by atoms with Crippen molar-refractivity contribution in [2.75, 3.05) is 13.1 Å². The van der Waals surface area contributed by atoms with Crippen LogP contribution in [0.2, 0.25) is 5.02 Å². The number of aliphatic hydroxyl groups is 1. The molecule has 2 amide bonds. The highest BCUT2D eigenvalue weighted by molar-refractivity contribution is 6.30. The zero-order valence-electron chi connectivity index (χ0n) is 20.8. The Hall–Kier alpha value is -2.90. The molecule has 0 spiro atoms. The molecule has 0 aliphatic carbocycles. The van der Waals surface area contributed by atoms with Gasteiger partial charge in [0.1, 0.15) is 6.04 Å². The van der Waals surface area contributed by atoms with Gasteiger partial charge in [-0.25, -0.2) is 4.79 Å². The van der Waals surface area contributed by atoms with Gasteiger partial charge < -0.3 is 20.4 Å². The molecule has 1 heterocycles. The maximum Gasteiger partial charge on any atom is 0.335 e. The van der Waals surface area contributed by atoms with Crippen LogP contribution in [0.3, 0.4) is 0 Å². The fourth-order valence-electron chi connectivity index (χ4n) is 4.74. The first-order chi connectivity index (χ1) is 16.2. The Morgan fingerprint density at radius 2 is 1.66 bits per heavy atom. The van der Waals surface area contributed by atoms with Gasteiger partial charge in [0.25, 0.3) is 5.91 Å². The molecule has 2 aromatic rings. The summed E-state index contributed by atoms with van der Waals surface area (Å²) in [6.07, 6.45) is 0.339. The number of carbonyl (C=O) groups excluding carboxylic acids is 2. The number of likely N-dealkylation sites (tertiary alicyclic amines) is 1. The number of carboxylic acids is 1. The predicted molar refractivity (Wildman–Crippen MR) is 135 cm³/mol. The molecular weight excluding hydrogens is 468 g/mol. The van der Waals surface area contributed by atoms with E-state index >= 15 is 0 Å². The topological polar surface area (TPSA) is 107 Å². The fraction of sp³-hybridized carbons (Fsp3) is 0.444. The molecule has 3 rings (SSSR count). The van der Waals surface area contributed by atoms with Gasteiger partial charge in [-0.1, -0.05) is 51.4 Å². The van der Waals surface area contributed by atoms with Crippen LogP contribution >= 0.6 is 11.6 Å². The van der Waals surface area contributed by atoms with Crippen LogP contribution in [0.5, 0.6) is 0 Å². The minimum Gasteiger partial charge on any atom is -0.478 e. The van der Waals surface area contributed by atoms with E-state index in [1.54, 1.807) is 30.0 Å². The van der Waals surface area contributed by atoms with Crippen molar-refractivity contribution in [3.8, 4) is 0 Å². The van der Waals surface area contributed by atoms with Crippen molar-refractivity contribution in [1.29, 1.82) is 0 Å². The quantitative estimate of drug-likeness (QED) is 0.549. The molecular formula is C27H33ClN2O5. The molecule has 7 nitrogen and oxygen atoms in total. The Morgan fingerprint density at radius 1 is 1.06 bits per heavy atom. The first-order valence-corrected chi connectivity index (χ1v) is 12.1. The molecule has 1 aliphatic heterocycles. The van der Waals surface area contributed by atoms with E-state index in [2.05, 4.69) is 5.32 Å². The number of carbonyl (C=O) groups is 3. The number of nitrogens with zero attached hydrogens (tertiary/aromatic N) is 1. The minimum absolute atomic E-state index is 0.0156. The van der Waals surface area contributed by atoms with Crippen molar-refractivity contribution in [2.24, 2.45) is 11.3 Å². The summed E-state index contributed by atoms with van der Waals surface area (Å²) in [5.74, 6) is -2.05. The first-order valence-electron chi connectivity index (χ1n) is 11.7. The molecule has 3 N–H and O–H groups in total. The van der Waals surface area contributed by atoms with Crippen molar-refractivity contribution in [1.82, 2.24) is 10.2 Å². The zero-order chi connectivity index (χ0) is 26.1. The highest BCUT2D eigenvalue weighted by Gasteiger charge is 2.50. The Bertz CT molecular complexity index is 1130. The lowest BCUT2D eigenvalue weighted by Crippen LogP contribution is -2.60. The number of hydrogen-bond acceptors (Lipinski definition) is 4. The van der Waals surface area contributed by atoms with E-state index in [4.69, 9.17) is 11.6 Å². The average molecular weight is 501 g/mol. The van der Waals surface area contributed by atoms with Gasteiger partial charge in [0.05, 0.1) is 11.2 Å². The van der Waals surface area contributed by atoms with Crippen LogP contribution in [0.1, 0.15) is 66.0 Å². The molecule has 0 aromatic heterocycles. The summed E-state index contributed by atoms with van der Waals surface area (Å²) >= 11 is 6.02. The maximum absolute atomic E-state index is 13.5. The van der Waals surface area contributed by atoms with E-state index in [0.717, 1.165) is 5.56 Å². The third-order valence-electron chi connectivity index (χ3n) is 6.89. The highest BCUT2D eigenvalue weighted by atomic mass is 35.5. The molecule has 35 heavy (non-hydrogen) atoms. The molecule has 8 heteroatoms. The molecule has 1 aliphatic rings. The predicted octanol–water partition coefficient (Wildman–Crippen LogP) is 4.25. The Morgan fingerprint density at radius 3 is 2.20 bits per heavy atom. The van der Waals surface area contributed by atoms with Crippen LogP contribution in [-0.2, 0) is 10.4 Å². The van der Waals surface area contributed by atoms with Crippen LogP contribution < -0.4 is 5.32 Å². The molecule has 1 saturated heterocycles. The third-order valence-corrected chi connectivity index (χ3v) is 7.14. The van der Waals surface area contributed by atoms with E-state index in [0.29, 0.717) is 30.1 Å². The number of rotatable bonds is 6. The van der Waals surface area contributed by atoms with E-state index in [1.165, 1.54) is 12.1 Å². The summed E-state index contributed by atoms with van der Waals surface area (Å²) in [6.45, 7) is 9.88. The highest BCUT2D eigenvalue weighted by Crippen LogP contribution is 2.46. The minimum atomic E-state index is -1.14. The van der Waals surface area contributed by atoms with E-state index in [9.17, 15) is 24.6 Å². The molecule has 2 aromatic carbocycles. The lowest BCUT2D eigenvalue weighted by molar-refractivity contribution is -0.155. The summed E-state index contributed by atoms with van der Waals surface area (Å²) in [5, 5.41) is 24.3. The molecule has 188 valence electrons. The van der Waals surface area contributed by atoms with E-state index < -0.39 is 28.9 Å². The lowest BCUT2D eigenvalue weighted by atomic mass is 9.66. The summed E-state index contributed by atoms with van der Waals surface area (Å²) < 4.78 is 0. The normalized spacial score (nSPS) is 20.4. The Labute approximate surface area is 211 Å². The zero-order valence-corrected chi connectivity index (χ0v) is 21.5. The summed E-state index contributed by atoms with van der Waals surface area (Å²) in [6, 6.07) is 10.7. The van der Waals surface area contributed by atoms with Gasteiger partial charge in [-0.15, -0.1) is 0 Å². The first kappa shape index (κ1) is 26.7. The maximum atomic E-state index is 13.5. The number of aromatic carboxylic acids is 1. The monoisotopic (exact) mass is 500 g/mol. The van der Waals surface area contributed by atoms with Gasteiger partial charge in [0.15, 0.2) is 0 Å². The molecule has 0 saturated carbocycles. The average Bonchev–Trinajstić information content (AvgIpc) is 2.78. The number of piperidine rings is 1. The fourth-order valence-corrected chi connectivity index (χ4v) is 4.87. The standard InChI is InChI=1S/C27H33ClN2O5/c1-16(2)22(29-23(31)18-12-17(3)13-19(14-18)25(33)34)24(32)30-11-10-27(35,26(4,5)15-30)20-6-8-21(28)9-7-20/h6-9,12-14,16,22,35H,10-11,15H2,1-5H3,(H,29,31)(H,33,34)/t22-,27+/m1/s1. The smallest absolute Gasteiger partial charge is 0.335 e. The Kier molecular flexibility index (Phi) is 7.62. The van der Waals surface area contributed by atoms with Crippen LogP contribution in [0.15, 0.2) is 42.5 Å². The van der Waals surface area contributed by atoms with Gasteiger partial charge in [0.2, 0.25) is 5.91 Å². The van der Waals surface area contributed by atoms with Crippen molar-refractivity contribution in [3.63, 3.8) is 0 Å². The number of aryl methyl sites for hydroxylation is 1. The second kappa shape index (κ2) is 9.99. The summed E-state index contributed by atoms with van der Waals surface area (Å²) in [7, 11) is 0. The summed E-state index contributed by atoms with van der Waals surface area (Å²) in [4.78, 5) is 39.6. The SMILES string of the molecule is Cc1cc(C(=O)O)cc(C(=O)N[C@@H](C(=O)N2CC[C@](O)(c3ccc(Cl)cc3)C(C)(C)C2)C(C)C)c1. The number of benzene rings is 2. The molecule has 0 unspecified atom stereocenters. The number of hydrogen-bond donors (Lipinski definition) is 3. The second-order valence-corrected chi connectivity index (χ2v) is 10.8. The number of amides is 2. The van der Waals surface area contributed by atoms with E-state index in [-0.39, 0.29) is 23.0 Å². The number of halogens is 1. The molecule has 1 fully saturated rings. The van der Waals surface area contributed by atoms with E-state index in [1.807, 2.05) is 39.8 Å². The molecule has 2 atom stereocenters. The van der Waals surface area contributed by atoms with Gasteiger partial charge >= 0.3 is 5.97 Å². The third kappa shape index (κ3) is 5.52.